The van der Waals surface area contributed by atoms with Gasteiger partial charge in [-0.2, -0.15) is 15.0 Å². The summed E-state index contributed by atoms with van der Waals surface area (Å²) in [6, 6.07) is 0.737. The zero-order chi connectivity index (χ0) is 37.9. The van der Waals surface area contributed by atoms with Gasteiger partial charge in [0.25, 0.3) is 0 Å². The number of nitrogens with one attached hydrogen (secondary N) is 1. The standard InChI is InChI=1S/C43H84N8/c1-14-17-20-21-22-23-24-25-26-27-28-44-37-45-38(50(29-18-15-2)35-31-40(4,5)48(12)41(6,7)32-35)47-39(46-37)51(30-19-16-3)36-33-42(8,9)49(13)43(10,11)34-36/h35-36H,14-34H2,1-13H3,(H,44,45,46,47). The summed E-state index contributed by atoms with van der Waals surface area (Å²) in [7, 11) is 4.61. The molecule has 3 heterocycles. The highest BCUT2D eigenvalue weighted by Crippen LogP contribution is 2.42. The number of nitrogens with zero attached hydrogens (tertiary/aromatic N) is 7. The predicted molar refractivity (Wildman–Crippen MR) is 223 cm³/mol. The Morgan fingerprint density at radius 2 is 0.843 bits per heavy atom. The van der Waals surface area contributed by atoms with Gasteiger partial charge in [-0.1, -0.05) is 91.4 Å². The van der Waals surface area contributed by atoms with E-state index in [1.807, 2.05) is 0 Å². The first-order valence-corrected chi connectivity index (χ1v) is 21.5. The van der Waals surface area contributed by atoms with Crippen LogP contribution in [0.3, 0.4) is 0 Å². The Bertz CT molecular complexity index is 1040. The summed E-state index contributed by atoms with van der Waals surface area (Å²) in [6.07, 6.45) is 22.3. The largest absolute Gasteiger partial charge is 0.354 e. The lowest BCUT2D eigenvalue weighted by molar-refractivity contribution is -0.0130. The van der Waals surface area contributed by atoms with Gasteiger partial charge in [0.1, 0.15) is 0 Å². The van der Waals surface area contributed by atoms with Gasteiger partial charge in [-0.15, -0.1) is 0 Å². The first kappa shape index (κ1) is 43.7. The van der Waals surface area contributed by atoms with Crippen molar-refractivity contribution in [1.29, 1.82) is 0 Å². The molecule has 2 fully saturated rings. The van der Waals surface area contributed by atoms with Crippen molar-refractivity contribution >= 4 is 17.8 Å². The molecule has 8 heteroatoms. The molecule has 1 N–H and O–H groups in total. The maximum Gasteiger partial charge on any atom is 0.232 e. The third kappa shape index (κ3) is 12.4. The SMILES string of the molecule is CCCCCCCCCCCCNc1nc(N(CCCC)C2CC(C)(C)N(C)C(C)(C)C2)nc(N(CCCC)C2CC(C)(C)N(C)C(C)(C)C2)n1. The van der Waals surface area contributed by atoms with E-state index in [9.17, 15) is 0 Å². The summed E-state index contributed by atoms with van der Waals surface area (Å²) in [5, 5.41) is 3.73. The lowest BCUT2D eigenvalue weighted by atomic mass is 9.77. The molecule has 296 valence electrons. The van der Waals surface area contributed by atoms with Gasteiger partial charge in [-0.05, 0) is 114 Å². The van der Waals surface area contributed by atoms with E-state index >= 15 is 0 Å². The molecule has 3 rings (SSSR count). The Morgan fingerprint density at radius 1 is 0.510 bits per heavy atom. The van der Waals surface area contributed by atoms with Crippen LogP contribution >= 0.6 is 0 Å². The fourth-order valence-corrected chi connectivity index (χ4v) is 9.13. The molecular weight excluding hydrogens is 629 g/mol. The van der Waals surface area contributed by atoms with Gasteiger partial charge < -0.3 is 15.1 Å². The van der Waals surface area contributed by atoms with Gasteiger partial charge >= 0.3 is 0 Å². The number of hydrogen-bond donors (Lipinski definition) is 1. The first-order valence-electron chi connectivity index (χ1n) is 21.5. The second-order valence-corrected chi connectivity index (χ2v) is 19.0. The second-order valence-electron chi connectivity index (χ2n) is 19.0. The maximum atomic E-state index is 5.49. The quantitative estimate of drug-likeness (QED) is 0.119. The van der Waals surface area contributed by atoms with Crippen molar-refractivity contribution in [2.75, 3.05) is 48.8 Å². The van der Waals surface area contributed by atoms with Crippen molar-refractivity contribution in [1.82, 2.24) is 24.8 Å². The molecule has 1 aromatic heterocycles. The van der Waals surface area contributed by atoms with Crippen molar-refractivity contribution in [3.8, 4) is 0 Å². The van der Waals surface area contributed by atoms with Gasteiger partial charge in [-0.25, -0.2) is 0 Å². The minimum atomic E-state index is 0.0851. The minimum absolute atomic E-state index is 0.0851. The third-order valence-corrected chi connectivity index (χ3v) is 12.9. The van der Waals surface area contributed by atoms with Crippen LogP contribution in [0.15, 0.2) is 0 Å². The number of piperidine rings is 2. The predicted octanol–water partition coefficient (Wildman–Crippen LogP) is 10.7. The summed E-state index contributed by atoms with van der Waals surface area (Å²) in [6.45, 7) is 29.0. The molecule has 1 aromatic rings. The van der Waals surface area contributed by atoms with Crippen molar-refractivity contribution in [3.05, 3.63) is 0 Å². The normalized spacial score (nSPS) is 20.8. The van der Waals surface area contributed by atoms with Crippen LogP contribution in [0.1, 0.15) is 192 Å². The first-order chi connectivity index (χ1) is 24.0. The van der Waals surface area contributed by atoms with Crippen LogP contribution < -0.4 is 15.1 Å². The third-order valence-electron chi connectivity index (χ3n) is 12.9. The molecule has 0 radical (unpaired) electrons. The highest BCUT2D eigenvalue weighted by Gasteiger charge is 2.47. The summed E-state index contributed by atoms with van der Waals surface area (Å²) < 4.78 is 0. The van der Waals surface area contributed by atoms with E-state index < -0.39 is 0 Å². The van der Waals surface area contributed by atoms with Crippen LogP contribution in [0, 0.1) is 0 Å². The monoisotopic (exact) mass is 713 g/mol. The van der Waals surface area contributed by atoms with E-state index in [0.717, 1.165) is 95.3 Å². The van der Waals surface area contributed by atoms with Crippen molar-refractivity contribution in [2.45, 2.75) is 226 Å². The smallest absolute Gasteiger partial charge is 0.232 e. The van der Waals surface area contributed by atoms with E-state index in [-0.39, 0.29) is 22.2 Å². The van der Waals surface area contributed by atoms with Crippen molar-refractivity contribution in [3.63, 3.8) is 0 Å². The van der Waals surface area contributed by atoms with Gasteiger partial charge in [0.05, 0.1) is 0 Å². The summed E-state index contributed by atoms with van der Waals surface area (Å²) in [4.78, 5) is 26.4. The highest BCUT2D eigenvalue weighted by molar-refractivity contribution is 5.47. The van der Waals surface area contributed by atoms with E-state index in [1.165, 1.54) is 57.8 Å². The summed E-state index contributed by atoms with van der Waals surface area (Å²) in [5.74, 6) is 2.49. The zero-order valence-corrected chi connectivity index (χ0v) is 36.1. The lowest BCUT2D eigenvalue weighted by Gasteiger charge is -2.56. The Balaban J connectivity index is 1.94. The van der Waals surface area contributed by atoms with Crippen molar-refractivity contribution < 1.29 is 0 Å². The average molecular weight is 713 g/mol. The molecule has 0 bridgehead atoms. The Morgan fingerprint density at radius 3 is 1.20 bits per heavy atom. The van der Waals surface area contributed by atoms with Crippen LogP contribution in [-0.2, 0) is 0 Å². The van der Waals surface area contributed by atoms with Crippen LogP contribution in [0.25, 0.3) is 0 Å². The maximum absolute atomic E-state index is 5.49. The number of aromatic nitrogens is 3. The molecule has 51 heavy (non-hydrogen) atoms. The van der Waals surface area contributed by atoms with E-state index in [4.69, 9.17) is 15.0 Å². The number of hydrogen-bond acceptors (Lipinski definition) is 8. The fourth-order valence-electron chi connectivity index (χ4n) is 9.13. The molecule has 2 aliphatic rings. The molecule has 0 aromatic carbocycles. The van der Waals surface area contributed by atoms with Gasteiger partial charge in [0.15, 0.2) is 0 Å². The molecular formula is C43H84N8. The molecule has 2 saturated heterocycles. The van der Waals surface area contributed by atoms with Crippen LogP contribution in [-0.4, -0.2) is 92.7 Å². The van der Waals surface area contributed by atoms with Crippen LogP contribution in [0.2, 0.25) is 0 Å². The molecule has 0 atom stereocenters. The zero-order valence-electron chi connectivity index (χ0n) is 36.1. The topological polar surface area (TPSA) is 63.7 Å². The van der Waals surface area contributed by atoms with Crippen LogP contribution in [0.5, 0.6) is 0 Å². The van der Waals surface area contributed by atoms with Gasteiger partial charge in [-0.3, -0.25) is 9.80 Å². The molecule has 0 spiro atoms. The minimum Gasteiger partial charge on any atom is -0.354 e. The van der Waals surface area contributed by atoms with Crippen LogP contribution in [0.4, 0.5) is 17.8 Å². The fraction of sp³-hybridized carbons (Fsp3) is 0.930. The molecule has 0 aliphatic carbocycles. The van der Waals surface area contributed by atoms with Gasteiger partial charge in [0, 0.05) is 53.9 Å². The second kappa shape index (κ2) is 19.6. The molecule has 0 unspecified atom stereocenters. The molecule has 2 aliphatic heterocycles. The Hall–Kier alpha value is -1.67. The number of unbranched alkanes of at least 4 members (excludes halogenated alkanes) is 11. The Kier molecular flexibility index (Phi) is 16.8. The van der Waals surface area contributed by atoms with E-state index in [2.05, 4.69) is 115 Å². The summed E-state index contributed by atoms with van der Waals surface area (Å²) in [5.41, 5.74) is 0.340. The average Bonchev–Trinajstić information content (AvgIpc) is 3.05. The number of anilines is 3. The summed E-state index contributed by atoms with van der Waals surface area (Å²) >= 11 is 0. The molecule has 0 saturated carbocycles. The highest BCUT2D eigenvalue weighted by atomic mass is 15.4. The van der Waals surface area contributed by atoms with E-state index in [0.29, 0.717) is 12.1 Å². The number of likely N-dealkylation sites (tertiary alicyclic amines) is 2. The van der Waals surface area contributed by atoms with Gasteiger partial charge in [0.2, 0.25) is 17.8 Å². The van der Waals surface area contributed by atoms with Crippen molar-refractivity contribution in [2.24, 2.45) is 0 Å². The molecule has 0 amide bonds. The Labute approximate surface area is 316 Å². The number of rotatable bonds is 22. The molecule has 8 nitrogen and oxygen atoms in total. The van der Waals surface area contributed by atoms with E-state index in [1.54, 1.807) is 0 Å². The lowest BCUT2D eigenvalue weighted by Crippen LogP contribution is -2.63.